The molecule has 7 N–H and O–H groups in total. The van der Waals surface area contributed by atoms with E-state index in [-0.39, 0.29) is 24.5 Å². The molecule has 0 aromatic carbocycles. The number of hydrogen-bond acceptors (Lipinski definition) is 8. The van der Waals surface area contributed by atoms with E-state index in [2.05, 4.69) is 28.6 Å². The number of hydrogen-bond donors (Lipinski definition) is 7. The van der Waals surface area contributed by atoms with Gasteiger partial charge >= 0.3 is 5.97 Å². The summed E-state index contributed by atoms with van der Waals surface area (Å²) in [6.45, 7) is 3.12. The highest BCUT2D eigenvalue weighted by Gasteiger charge is 2.30. The molecule has 4 atom stereocenters. The summed E-state index contributed by atoms with van der Waals surface area (Å²) >= 11 is 5.49. The first kappa shape index (κ1) is 27.5. The lowest BCUT2D eigenvalue weighted by Crippen LogP contribution is -2.58. The molecule has 0 aliphatic carbocycles. The highest BCUT2D eigenvalue weighted by molar-refractivity contribution is 7.98. The second kappa shape index (κ2) is 14.5. The zero-order valence-electron chi connectivity index (χ0n) is 16.9. The highest BCUT2D eigenvalue weighted by atomic mass is 32.2. The summed E-state index contributed by atoms with van der Waals surface area (Å²) in [7, 11) is 0. The topological polar surface area (TPSA) is 171 Å². The fourth-order valence-electron chi connectivity index (χ4n) is 2.30. The number of aliphatic hydroxyl groups excluding tert-OH is 1. The number of carboxylic acids is 1. The highest BCUT2D eigenvalue weighted by Crippen LogP contribution is 2.08. The Morgan fingerprint density at radius 2 is 1.52 bits per heavy atom. The van der Waals surface area contributed by atoms with E-state index in [1.165, 1.54) is 11.8 Å². The average molecular weight is 453 g/mol. The van der Waals surface area contributed by atoms with E-state index in [4.69, 9.17) is 10.8 Å². The number of nitrogens with one attached hydrogen (secondary N) is 3. The number of rotatable bonds is 14. The van der Waals surface area contributed by atoms with Gasteiger partial charge in [-0.15, -0.1) is 0 Å². The van der Waals surface area contributed by atoms with Gasteiger partial charge in [0.2, 0.25) is 17.7 Å². The molecule has 29 heavy (non-hydrogen) atoms. The van der Waals surface area contributed by atoms with Gasteiger partial charge < -0.3 is 31.9 Å². The van der Waals surface area contributed by atoms with Gasteiger partial charge in [-0.05, 0) is 30.8 Å². The third kappa shape index (κ3) is 10.7. The van der Waals surface area contributed by atoms with Crippen molar-refractivity contribution < 1.29 is 29.4 Å². The fourth-order valence-corrected chi connectivity index (χ4v) is 3.02. The lowest BCUT2D eigenvalue weighted by molar-refractivity contribution is -0.142. The minimum absolute atomic E-state index is 0.0346. The van der Waals surface area contributed by atoms with Crippen molar-refractivity contribution in [3.63, 3.8) is 0 Å². The van der Waals surface area contributed by atoms with Crippen LogP contribution < -0.4 is 21.7 Å². The van der Waals surface area contributed by atoms with Crippen LogP contribution in [-0.4, -0.2) is 82.4 Å². The number of thiol groups is 1. The number of carboxylic acid groups (broad SMARTS) is 1. The maximum absolute atomic E-state index is 12.6. The van der Waals surface area contributed by atoms with Crippen molar-refractivity contribution in [1.29, 1.82) is 0 Å². The van der Waals surface area contributed by atoms with E-state index in [1.54, 1.807) is 0 Å². The molecule has 168 valence electrons. The minimum Gasteiger partial charge on any atom is -0.480 e. The largest absolute Gasteiger partial charge is 0.480 e. The molecule has 4 unspecified atom stereocenters. The SMILES string of the molecule is CSCCC(NC(=O)C(CC(C)C)NC(=O)C(CS)NC(=O)C(N)CO)C(=O)O. The molecular formula is C17H32N4O6S2. The number of carbonyl (C=O) groups excluding carboxylic acids is 3. The Morgan fingerprint density at radius 3 is 1.97 bits per heavy atom. The predicted molar refractivity (Wildman–Crippen MR) is 115 cm³/mol. The molecule has 0 saturated carbocycles. The molecule has 0 aromatic rings. The van der Waals surface area contributed by atoms with Gasteiger partial charge in [-0.2, -0.15) is 24.4 Å². The molecule has 3 amide bonds. The Bertz CT molecular complexity index is 564. The first-order valence-corrected chi connectivity index (χ1v) is 11.2. The number of amides is 3. The zero-order valence-corrected chi connectivity index (χ0v) is 18.6. The minimum atomic E-state index is -1.19. The van der Waals surface area contributed by atoms with Crippen LogP contribution in [0.2, 0.25) is 0 Å². The van der Waals surface area contributed by atoms with Crippen molar-refractivity contribution in [2.24, 2.45) is 11.7 Å². The van der Waals surface area contributed by atoms with Gasteiger partial charge in [0.25, 0.3) is 0 Å². The van der Waals surface area contributed by atoms with Crippen molar-refractivity contribution >= 4 is 48.1 Å². The Labute approximate surface area is 180 Å². The van der Waals surface area contributed by atoms with Gasteiger partial charge in [0.15, 0.2) is 0 Å². The van der Waals surface area contributed by atoms with Crippen LogP contribution in [-0.2, 0) is 19.2 Å². The van der Waals surface area contributed by atoms with Crippen molar-refractivity contribution in [2.75, 3.05) is 24.4 Å². The first-order valence-electron chi connectivity index (χ1n) is 9.17. The number of nitrogens with two attached hydrogens (primary N) is 1. The van der Waals surface area contributed by atoms with Crippen molar-refractivity contribution in [3.8, 4) is 0 Å². The van der Waals surface area contributed by atoms with Crippen LogP contribution in [0.15, 0.2) is 0 Å². The summed E-state index contributed by atoms with van der Waals surface area (Å²) in [4.78, 5) is 48.3. The van der Waals surface area contributed by atoms with Crippen molar-refractivity contribution in [3.05, 3.63) is 0 Å². The van der Waals surface area contributed by atoms with E-state index < -0.39 is 54.5 Å². The molecule has 0 aliphatic rings. The van der Waals surface area contributed by atoms with E-state index >= 15 is 0 Å². The fraction of sp³-hybridized carbons (Fsp3) is 0.765. The summed E-state index contributed by atoms with van der Waals surface area (Å²) in [6, 6.07) is -4.31. The second-order valence-corrected chi connectivity index (χ2v) is 8.26. The molecule has 10 nitrogen and oxygen atoms in total. The van der Waals surface area contributed by atoms with Crippen LogP contribution in [0.3, 0.4) is 0 Å². The standard InChI is InChI=1S/C17H32N4O6S2/c1-9(2)6-12(15(24)19-11(17(26)27)4-5-29-3)20-16(25)13(8-28)21-14(23)10(18)7-22/h9-13,22,28H,4-8,18H2,1-3H3,(H,19,24)(H,20,25)(H,21,23)(H,26,27). The molecule has 0 bridgehead atoms. The third-order valence-corrected chi connectivity index (χ3v) is 4.92. The normalized spacial score (nSPS) is 15.1. The van der Waals surface area contributed by atoms with Crippen LogP contribution in [0, 0.1) is 5.92 Å². The van der Waals surface area contributed by atoms with E-state index in [0.717, 1.165) is 0 Å². The van der Waals surface area contributed by atoms with E-state index in [0.29, 0.717) is 5.75 Å². The Morgan fingerprint density at radius 1 is 1.00 bits per heavy atom. The molecular weight excluding hydrogens is 420 g/mol. The quantitative estimate of drug-likeness (QED) is 0.157. The summed E-state index contributed by atoms with van der Waals surface area (Å²) in [6.07, 6.45) is 2.35. The van der Waals surface area contributed by atoms with Crippen molar-refractivity contribution in [1.82, 2.24) is 16.0 Å². The van der Waals surface area contributed by atoms with E-state index in [1.807, 2.05) is 20.1 Å². The second-order valence-electron chi connectivity index (χ2n) is 6.90. The molecule has 0 aromatic heterocycles. The van der Waals surface area contributed by atoms with Gasteiger partial charge in [-0.3, -0.25) is 14.4 Å². The third-order valence-electron chi connectivity index (χ3n) is 3.91. The monoisotopic (exact) mass is 452 g/mol. The molecule has 0 fully saturated rings. The van der Waals surface area contributed by atoms with Gasteiger partial charge in [-0.1, -0.05) is 13.8 Å². The maximum atomic E-state index is 12.6. The van der Waals surface area contributed by atoms with Crippen LogP contribution in [0.25, 0.3) is 0 Å². The summed E-state index contributed by atoms with van der Waals surface area (Å²) in [5.74, 6) is -2.62. The molecule has 0 aliphatic heterocycles. The van der Waals surface area contributed by atoms with Gasteiger partial charge in [0.05, 0.1) is 6.61 Å². The molecule has 0 rings (SSSR count). The zero-order chi connectivity index (χ0) is 22.6. The number of thioether (sulfide) groups is 1. The summed E-state index contributed by atoms with van der Waals surface area (Å²) < 4.78 is 0. The predicted octanol–water partition coefficient (Wildman–Crippen LogP) is -1.43. The Kier molecular flexibility index (Phi) is 13.7. The lowest BCUT2D eigenvalue weighted by Gasteiger charge is -2.25. The average Bonchev–Trinajstić information content (AvgIpc) is 2.66. The molecule has 0 radical (unpaired) electrons. The van der Waals surface area contributed by atoms with Crippen LogP contribution in [0.5, 0.6) is 0 Å². The summed E-state index contributed by atoms with van der Waals surface area (Å²) in [5, 5.41) is 25.6. The van der Waals surface area contributed by atoms with E-state index in [9.17, 15) is 24.3 Å². The molecule has 0 spiro atoms. The number of aliphatic carboxylic acids is 1. The number of carbonyl (C=O) groups is 4. The van der Waals surface area contributed by atoms with Gasteiger partial charge in [0.1, 0.15) is 24.2 Å². The lowest BCUT2D eigenvalue weighted by atomic mass is 10.0. The van der Waals surface area contributed by atoms with Crippen LogP contribution >= 0.6 is 24.4 Å². The molecule has 12 heteroatoms. The summed E-state index contributed by atoms with van der Waals surface area (Å²) in [5.41, 5.74) is 5.42. The molecule has 0 saturated heterocycles. The number of aliphatic hydroxyl groups is 1. The Balaban J connectivity index is 5.19. The smallest absolute Gasteiger partial charge is 0.326 e. The Hall–Kier alpha value is -1.50. The van der Waals surface area contributed by atoms with Gasteiger partial charge in [-0.25, -0.2) is 4.79 Å². The van der Waals surface area contributed by atoms with Crippen LogP contribution in [0.4, 0.5) is 0 Å². The first-order chi connectivity index (χ1) is 13.6. The maximum Gasteiger partial charge on any atom is 0.326 e. The van der Waals surface area contributed by atoms with Gasteiger partial charge in [0, 0.05) is 5.75 Å². The van der Waals surface area contributed by atoms with Crippen molar-refractivity contribution in [2.45, 2.75) is 50.9 Å². The van der Waals surface area contributed by atoms with Crippen LogP contribution in [0.1, 0.15) is 26.7 Å². The molecule has 0 heterocycles.